The number of hydrogen-bond acceptors (Lipinski definition) is 3. The Bertz CT molecular complexity index is 626. The molecule has 0 fully saturated rings. The van der Waals surface area contributed by atoms with Crippen molar-refractivity contribution in [1.29, 1.82) is 0 Å². The van der Waals surface area contributed by atoms with Gasteiger partial charge in [0.2, 0.25) is 0 Å². The molecule has 2 aromatic rings. The van der Waals surface area contributed by atoms with E-state index in [4.69, 9.17) is 5.73 Å². The molecule has 0 saturated carbocycles. The van der Waals surface area contributed by atoms with E-state index in [0.717, 1.165) is 17.3 Å². The molecule has 0 aliphatic rings. The quantitative estimate of drug-likeness (QED) is 0.907. The molecule has 1 aromatic heterocycles. The molecule has 3 N–H and O–H groups in total. The number of nitrogens with two attached hydrogens (primary N) is 1. The van der Waals surface area contributed by atoms with E-state index in [0.29, 0.717) is 12.1 Å². The van der Waals surface area contributed by atoms with Gasteiger partial charge in [0.25, 0.3) is 5.91 Å². The monoisotopic (exact) mass is 285 g/mol. The van der Waals surface area contributed by atoms with Crippen LogP contribution in [0.15, 0.2) is 36.5 Å². The number of aromatic nitrogens is 1. The second-order valence-electron chi connectivity index (χ2n) is 6.35. The van der Waals surface area contributed by atoms with Crippen molar-refractivity contribution in [1.82, 2.24) is 10.3 Å². The molecule has 21 heavy (non-hydrogen) atoms. The van der Waals surface area contributed by atoms with Crippen LogP contribution in [0.25, 0.3) is 10.9 Å². The number of benzene rings is 1. The molecule has 4 heteroatoms. The second-order valence-corrected chi connectivity index (χ2v) is 6.35. The lowest BCUT2D eigenvalue weighted by Gasteiger charge is -2.31. The highest BCUT2D eigenvalue weighted by Gasteiger charge is 2.26. The molecule has 0 aliphatic heterocycles. The van der Waals surface area contributed by atoms with Crippen LogP contribution in [0.2, 0.25) is 0 Å². The van der Waals surface area contributed by atoms with E-state index in [2.05, 4.69) is 31.1 Å². The third-order valence-electron chi connectivity index (χ3n) is 3.68. The van der Waals surface area contributed by atoms with E-state index >= 15 is 0 Å². The average molecular weight is 285 g/mol. The van der Waals surface area contributed by atoms with Crippen LogP contribution in [0.4, 0.5) is 0 Å². The predicted octanol–water partition coefficient (Wildman–Crippen LogP) is 2.73. The SMILES string of the molecule is CC(C)(C)C(CCN)NC(=O)c1cccc2cccnc12. The lowest BCUT2D eigenvalue weighted by Crippen LogP contribution is -2.44. The van der Waals surface area contributed by atoms with Gasteiger partial charge in [-0.3, -0.25) is 9.78 Å². The highest BCUT2D eigenvalue weighted by Crippen LogP contribution is 2.23. The minimum atomic E-state index is -0.0901. The Hall–Kier alpha value is -1.94. The Morgan fingerprint density at radius 2 is 2.00 bits per heavy atom. The molecule has 0 aliphatic carbocycles. The largest absolute Gasteiger partial charge is 0.349 e. The molecule has 4 nitrogen and oxygen atoms in total. The van der Waals surface area contributed by atoms with Gasteiger partial charge < -0.3 is 11.1 Å². The van der Waals surface area contributed by atoms with Crippen LogP contribution in [-0.4, -0.2) is 23.5 Å². The van der Waals surface area contributed by atoms with Gasteiger partial charge in [-0.25, -0.2) is 0 Å². The molecule has 1 atom stereocenters. The van der Waals surface area contributed by atoms with Gasteiger partial charge in [0.1, 0.15) is 0 Å². The third kappa shape index (κ3) is 3.58. The maximum atomic E-state index is 12.6. The Kier molecular flexibility index (Phi) is 4.58. The number of amides is 1. The van der Waals surface area contributed by atoms with Gasteiger partial charge in [-0.05, 0) is 30.5 Å². The molecule has 0 spiro atoms. The summed E-state index contributed by atoms with van der Waals surface area (Å²) in [5.41, 5.74) is 6.98. The van der Waals surface area contributed by atoms with Gasteiger partial charge in [0.15, 0.2) is 0 Å². The van der Waals surface area contributed by atoms with Crippen molar-refractivity contribution in [2.45, 2.75) is 33.2 Å². The maximum absolute atomic E-state index is 12.6. The van der Waals surface area contributed by atoms with E-state index in [1.54, 1.807) is 6.20 Å². The van der Waals surface area contributed by atoms with Crippen molar-refractivity contribution < 1.29 is 4.79 Å². The topological polar surface area (TPSA) is 68.0 Å². The molecule has 112 valence electrons. The van der Waals surface area contributed by atoms with Crippen molar-refractivity contribution in [2.75, 3.05) is 6.54 Å². The summed E-state index contributed by atoms with van der Waals surface area (Å²) in [6, 6.07) is 9.52. The summed E-state index contributed by atoms with van der Waals surface area (Å²) >= 11 is 0. The Morgan fingerprint density at radius 1 is 1.29 bits per heavy atom. The minimum Gasteiger partial charge on any atom is -0.349 e. The van der Waals surface area contributed by atoms with E-state index < -0.39 is 0 Å². The fourth-order valence-corrected chi connectivity index (χ4v) is 2.41. The van der Waals surface area contributed by atoms with E-state index in [1.165, 1.54) is 0 Å². The number of hydrogen-bond donors (Lipinski definition) is 2. The molecule has 0 radical (unpaired) electrons. The third-order valence-corrected chi connectivity index (χ3v) is 3.68. The highest BCUT2D eigenvalue weighted by atomic mass is 16.1. The molecular weight excluding hydrogens is 262 g/mol. The Balaban J connectivity index is 2.30. The van der Waals surface area contributed by atoms with Crippen LogP contribution >= 0.6 is 0 Å². The van der Waals surface area contributed by atoms with Crippen LogP contribution in [0.1, 0.15) is 37.6 Å². The van der Waals surface area contributed by atoms with E-state index in [-0.39, 0.29) is 17.4 Å². The number of carbonyl (C=O) groups excluding carboxylic acids is 1. The van der Waals surface area contributed by atoms with E-state index in [9.17, 15) is 4.79 Å². The Labute approximate surface area is 125 Å². The summed E-state index contributed by atoms with van der Waals surface area (Å²) < 4.78 is 0. The summed E-state index contributed by atoms with van der Waals surface area (Å²) in [5, 5.41) is 4.08. The summed E-state index contributed by atoms with van der Waals surface area (Å²) in [6.07, 6.45) is 2.47. The highest BCUT2D eigenvalue weighted by molar-refractivity contribution is 6.05. The van der Waals surface area contributed by atoms with Crippen molar-refractivity contribution >= 4 is 16.8 Å². The molecule has 0 saturated heterocycles. The normalized spacial score (nSPS) is 13.1. The zero-order valence-electron chi connectivity index (χ0n) is 12.9. The number of rotatable bonds is 4. The summed E-state index contributed by atoms with van der Waals surface area (Å²) in [6.45, 7) is 6.87. The number of nitrogens with zero attached hydrogens (tertiary/aromatic N) is 1. The smallest absolute Gasteiger partial charge is 0.253 e. The molecule has 1 aromatic carbocycles. The number of fused-ring (bicyclic) bond motifs is 1. The first-order chi connectivity index (χ1) is 9.93. The second kappa shape index (κ2) is 6.22. The molecular formula is C17H23N3O. The molecule has 1 heterocycles. The molecule has 1 amide bonds. The standard InChI is InChI=1S/C17H23N3O/c1-17(2,3)14(9-10-18)20-16(21)13-8-4-6-12-7-5-11-19-15(12)13/h4-8,11,14H,9-10,18H2,1-3H3,(H,20,21). The minimum absolute atomic E-state index is 0.0347. The fourth-order valence-electron chi connectivity index (χ4n) is 2.41. The van der Waals surface area contributed by atoms with Gasteiger partial charge in [-0.1, -0.05) is 39.0 Å². The first-order valence-corrected chi connectivity index (χ1v) is 7.28. The van der Waals surface area contributed by atoms with Crippen molar-refractivity contribution in [2.24, 2.45) is 11.1 Å². The first kappa shape index (κ1) is 15.4. The summed E-state index contributed by atoms with van der Waals surface area (Å²) in [7, 11) is 0. The van der Waals surface area contributed by atoms with Crippen LogP contribution in [0, 0.1) is 5.41 Å². The molecule has 2 rings (SSSR count). The zero-order valence-corrected chi connectivity index (χ0v) is 12.9. The predicted molar refractivity (Wildman–Crippen MR) is 86.1 cm³/mol. The fraction of sp³-hybridized carbons (Fsp3) is 0.412. The van der Waals surface area contributed by atoms with Crippen LogP contribution in [-0.2, 0) is 0 Å². The molecule has 1 unspecified atom stereocenters. The van der Waals surface area contributed by atoms with Crippen LogP contribution in [0.3, 0.4) is 0 Å². The summed E-state index contributed by atoms with van der Waals surface area (Å²) in [4.78, 5) is 16.9. The number of nitrogens with one attached hydrogen (secondary N) is 1. The number of para-hydroxylation sites is 1. The Morgan fingerprint density at radius 3 is 2.67 bits per heavy atom. The lowest BCUT2D eigenvalue weighted by atomic mass is 9.84. The van der Waals surface area contributed by atoms with Crippen molar-refractivity contribution in [3.63, 3.8) is 0 Å². The van der Waals surface area contributed by atoms with Gasteiger partial charge in [-0.15, -0.1) is 0 Å². The zero-order chi connectivity index (χ0) is 15.5. The summed E-state index contributed by atoms with van der Waals surface area (Å²) in [5.74, 6) is -0.0901. The van der Waals surface area contributed by atoms with Gasteiger partial charge >= 0.3 is 0 Å². The van der Waals surface area contributed by atoms with Crippen molar-refractivity contribution in [3.8, 4) is 0 Å². The van der Waals surface area contributed by atoms with Gasteiger partial charge in [-0.2, -0.15) is 0 Å². The number of carbonyl (C=O) groups is 1. The maximum Gasteiger partial charge on any atom is 0.253 e. The number of pyridine rings is 1. The van der Waals surface area contributed by atoms with Crippen LogP contribution in [0.5, 0.6) is 0 Å². The lowest BCUT2D eigenvalue weighted by molar-refractivity contribution is 0.0900. The first-order valence-electron chi connectivity index (χ1n) is 7.28. The molecule has 0 bridgehead atoms. The van der Waals surface area contributed by atoms with E-state index in [1.807, 2.05) is 30.3 Å². The average Bonchev–Trinajstić information content (AvgIpc) is 2.45. The van der Waals surface area contributed by atoms with Gasteiger partial charge in [0.05, 0.1) is 11.1 Å². The van der Waals surface area contributed by atoms with Gasteiger partial charge in [0, 0.05) is 17.6 Å². The van der Waals surface area contributed by atoms with Crippen LogP contribution < -0.4 is 11.1 Å². The van der Waals surface area contributed by atoms with Crippen molar-refractivity contribution in [3.05, 3.63) is 42.1 Å².